The Morgan fingerprint density at radius 2 is 1.29 bits per heavy atom. The highest BCUT2D eigenvalue weighted by Crippen LogP contribution is 2.29. The van der Waals surface area contributed by atoms with Crippen LogP contribution >= 0.6 is 0 Å². The van der Waals surface area contributed by atoms with Gasteiger partial charge in [-0.25, -0.2) is 0 Å². The standard InChI is InChI=1S/C24H25NO3/c1-27-21-14-9-15-22(28-2)23(21)24(26)25-17-16-20(18-10-5-3-6-11-18)19-12-7-4-8-13-19/h3-15,20H,16-17H2,1-2H3,(H,25,26). The van der Waals surface area contributed by atoms with E-state index in [1.807, 2.05) is 36.4 Å². The third-order valence-corrected chi connectivity index (χ3v) is 4.78. The summed E-state index contributed by atoms with van der Waals surface area (Å²) in [6.07, 6.45) is 0.789. The van der Waals surface area contributed by atoms with Gasteiger partial charge in [0, 0.05) is 12.5 Å². The Labute approximate surface area is 166 Å². The number of carbonyl (C=O) groups is 1. The van der Waals surface area contributed by atoms with E-state index in [1.165, 1.54) is 11.1 Å². The Balaban J connectivity index is 1.74. The van der Waals surface area contributed by atoms with Gasteiger partial charge in [-0.15, -0.1) is 0 Å². The number of benzene rings is 3. The first-order valence-corrected chi connectivity index (χ1v) is 9.33. The van der Waals surface area contributed by atoms with Gasteiger partial charge in [-0.2, -0.15) is 0 Å². The van der Waals surface area contributed by atoms with Gasteiger partial charge in [-0.3, -0.25) is 4.79 Å². The number of carbonyl (C=O) groups excluding carboxylic acids is 1. The third-order valence-electron chi connectivity index (χ3n) is 4.78. The van der Waals surface area contributed by atoms with Gasteiger partial charge in [0.05, 0.1) is 14.2 Å². The molecule has 144 valence electrons. The first-order chi connectivity index (χ1) is 13.7. The fourth-order valence-corrected chi connectivity index (χ4v) is 3.39. The molecule has 0 unspecified atom stereocenters. The molecule has 0 aliphatic carbocycles. The molecule has 0 aliphatic heterocycles. The summed E-state index contributed by atoms with van der Waals surface area (Å²) in [5.41, 5.74) is 2.89. The predicted octanol–water partition coefficient (Wildman–Crippen LogP) is 4.66. The zero-order valence-electron chi connectivity index (χ0n) is 16.2. The SMILES string of the molecule is COc1cccc(OC)c1C(=O)NCCC(c1ccccc1)c1ccccc1. The lowest BCUT2D eigenvalue weighted by molar-refractivity contribution is 0.0946. The summed E-state index contributed by atoms with van der Waals surface area (Å²) >= 11 is 0. The van der Waals surface area contributed by atoms with Crippen molar-refractivity contribution >= 4 is 5.91 Å². The smallest absolute Gasteiger partial charge is 0.258 e. The van der Waals surface area contributed by atoms with Crippen LogP contribution in [0.1, 0.15) is 33.8 Å². The quantitative estimate of drug-likeness (QED) is 0.623. The monoisotopic (exact) mass is 375 g/mol. The Hall–Kier alpha value is -3.27. The van der Waals surface area contributed by atoms with E-state index < -0.39 is 0 Å². The van der Waals surface area contributed by atoms with Crippen LogP contribution in [-0.4, -0.2) is 26.7 Å². The minimum absolute atomic E-state index is 0.200. The molecule has 0 bridgehead atoms. The molecule has 0 aromatic heterocycles. The third kappa shape index (κ3) is 4.52. The zero-order valence-corrected chi connectivity index (χ0v) is 16.2. The van der Waals surface area contributed by atoms with Crippen molar-refractivity contribution < 1.29 is 14.3 Å². The van der Waals surface area contributed by atoms with Gasteiger partial charge in [-0.1, -0.05) is 66.7 Å². The van der Waals surface area contributed by atoms with E-state index in [-0.39, 0.29) is 11.8 Å². The normalized spacial score (nSPS) is 10.5. The molecule has 1 amide bonds. The molecule has 0 saturated carbocycles. The van der Waals surface area contributed by atoms with Gasteiger partial charge in [0.2, 0.25) is 0 Å². The van der Waals surface area contributed by atoms with Crippen LogP contribution in [0.15, 0.2) is 78.9 Å². The van der Waals surface area contributed by atoms with Crippen LogP contribution in [0.2, 0.25) is 0 Å². The van der Waals surface area contributed by atoms with Crippen molar-refractivity contribution in [3.63, 3.8) is 0 Å². The van der Waals surface area contributed by atoms with E-state index >= 15 is 0 Å². The summed E-state index contributed by atoms with van der Waals surface area (Å²) < 4.78 is 10.7. The highest BCUT2D eigenvalue weighted by molar-refractivity contribution is 5.99. The fourth-order valence-electron chi connectivity index (χ4n) is 3.39. The summed E-state index contributed by atoms with van der Waals surface area (Å²) in [6, 6.07) is 26.0. The van der Waals surface area contributed by atoms with Crippen molar-refractivity contribution in [2.45, 2.75) is 12.3 Å². The molecule has 0 fully saturated rings. The number of nitrogens with one attached hydrogen (secondary N) is 1. The van der Waals surface area contributed by atoms with E-state index in [0.29, 0.717) is 23.6 Å². The maximum atomic E-state index is 12.8. The number of amides is 1. The van der Waals surface area contributed by atoms with Crippen LogP contribution < -0.4 is 14.8 Å². The van der Waals surface area contributed by atoms with Crippen molar-refractivity contribution in [3.05, 3.63) is 95.6 Å². The topological polar surface area (TPSA) is 47.6 Å². The molecule has 28 heavy (non-hydrogen) atoms. The molecule has 3 aromatic carbocycles. The minimum atomic E-state index is -0.200. The molecule has 4 heteroatoms. The Morgan fingerprint density at radius 3 is 1.75 bits per heavy atom. The van der Waals surface area contributed by atoms with Crippen molar-refractivity contribution in [2.75, 3.05) is 20.8 Å². The zero-order chi connectivity index (χ0) is 19.8. The first-order valence-electron chi connectivity index (χ1n) is 9.33. The van der Waals surface area contributed by atoms with Gasteiger partial charge >= 0.3 is 0 Å². The Bertz CT molecular complexity index is 832. The average Bonchev–Trinajstić information content (AvgIpc) is 2.77. The molecule has 0 aliphatic rings. The molecule has 0 saturated heterocycles. The first kappa shape index (κ1) is 19.5. The van der Waals surface area contributed by atoms with Crippen LogP contribution in [0.5, 0.6) is 11.5 Å². The second-order valence-electron chi connectivity index (χ2n) is 6.46. The van der Waals surface area contributed by atoms with Crippen molar-refractivity contribution in [3.8, 4) is 11.5 Å². The number of rotatable bonds is 8. The van der Waals surface area contributed by atoms with Crippen LogP contribution in [0.25, 0.3) is 0 Å². The molecule has 0 heterocycles. The largest absolute Gasteiger partial charge is 0.496 e. The molecule has 3 rings (SSSR count). The summed E-state index contributed by atoms with van der Waals surface area (Å²) in [6.45, 7) is 0.536. The highest BCUT2D eigenvalue weighted by atomic mass is 16.5. The Kier molecular flexibility index (Phi) is 6.68. The number of hydrogen-bond donors (Lipinski definition) is 1. The van der Waals surface area contributed by atoms with Crippen LogP contribution in [0.4, 0.5) is 0 Å². The van der Waals surface area contributed by atoms with Gasteiger partial charge in [-0.05, 0) is 29.7 Å². The molecule has 0 atom stereocenters. The van der Waals surface area contributed by atoms with E-state index in [0.717, 1.165) is 6.42 Å². The lowest BCUT2D eigenvalue weighted by Gasteiger charge is -2.19. The predicted molar refractivity (Wildman–Crippen MR) is 111 cm³/mol. The second-order valence-corrected chi connectivity index (χ2v) is 6.46. The molecule has 0 radical (unpaired) electrons. The van der Waals surface area contributed by atoms with Crippen molar-refractivity contribution in [1.82, 2.24) is 5.32 Å². The van der Waals surface area contributed by atoms with Crippen LogP contribution in [-0.2, 0) is 0 Å². The van der Waals surface area contributed by atoms with Gasteiger partial charge in [0.15, 0.2) is 0 Å². The van der Waals surface area contributed by atoms with E-state index in [4.69, 9.17) is 9.47 Å². The van der Waals surface area contributed by atoms with Crippen LogP contribution in [0, 0.1) is 0 Å². The summed E-state index contributed by atoms with van der Waals surface area (Å²) in [4.78, 5) is 12.8. The van der Waals surface area contributed by atoms with Gasteiger partial charge in [0.25, 0.3) is 5.91 Å². The molecule has 0 spiro atoms. The van der Waals surface area contributed by atoms with E-state index in [1.54, 1.807) is 32.4 Å². The van der Waals surface area contributed by atoms with Crippen molar-refractivity contribution in [2.24, 2.45) is 0 Å². The average molecular weight is 375 g/mol. The summed E-state index contributed by atoms with van der Waals surface area (Å²) in [5, 5.41) is 3.02. The number of ether oxygens (including phenoxy) is 2. The molecule has 3 aromatic rings. The Morgan fingerprint density at radius 1 is 0.786 bits per heavy atom. The maximum absolute atomic E-state index is 12.8. The van der Waals surface area contributed by atoms with Crippen LogP contribution in [0.3, 0.4) is 0 Å². The maximum Gasteiger partial charge on any atom is 0.258 e. The lowest BCUT2D eigenvalue weighted by Crippen LogP contribution is -2.26. The summed E-state index contributed by atoms with van der Waals surface area (Å²) in [7, 11) is 3.10. The number of methoxy groups -OCH3 is 2. The fraction of sp³-hybridized carbons (Fsp3) is 0.208. The summed E-state index contributed by atoms with van der Waals surface area (Å²) in [5.74, 6) is 1.01. The minimum Gasteiger partial charge on any atom is -0.496 e. The second kappa shape index (κ2) is 9.60. The lowest BCUT2D eigenvalue weighted by atomic mass is 9.88. The van der Waals surface area contributed by atoms with Gasteiger partial charge < -0.3 is 14.8 Å². The van der Waals surface area contributed by atoms with E-state index in [9.17, 15) is 4.79 Å². The van der Waals surface area contributed by atoms with E-state index in [2.05, 4.69) is 29.6 Å². The molecular weight excluding hydrogens is 350 g/mol. The molecule has 4 nitrogen and oxygen atoms in total. The molecule has 1 N–H and O–H groups in total. The molecular formula is C24H25NO3. The van der Waals surface area contributed by atoms with Gasteiger partial charge in [0.1, 0.15) is 17.1 Å². The highest BCUT2D eigenvalue weighted by Gasteiger charge is 2.19. The number of hydrogen-bond acceptors (Lipinski definition) is 3. The van der Waals surface area contributed by atoms with Crippen molar-refractivity contribution in [1.29, 1.82) is 0 Å².